The molecule has 0 saturated heterocycles. The van der Waals surface area contributed by atoms with E-state index in [0.717, 1.165) is 12.5 Å². The van der Waals surface area contributed by atoms with Crippen molar-refractivity contribution >= 4 is 6.09 Å². The normalized spacial score (nSPS) is 24.0. The predicted octanol–water partition coefficient (Wildman–Crippen LogP) is 3.07. The van der Waals surface area contributed by atoms with Crippen molar-refractivity contribution in [1.29, 1.82) is 0 Å². The summed E-state index contributed by atoms with van der Waals surface area (Å²) in [5.41, 5.74) is -0.422. The Hall–Kier alpha value is -0.770. The number of nitrogens with one attached hydrogen (secondary N) is 2. The first-order chi connectivity index (χ1) is 8.92. The molecule has 1 fully saturated rings. The van der Waals surface area contributed by atoms with Crippen LogP contribution in [0.3, 0.4) is 0 Å². The predicted molar refractivity (Wildman–Crippen MR) is 78.3 cm³/mol. The van der Waals surface area contributed by atoms with Crippen molar-refractivity contribution in [2.24, 2.45) is 5.92 Å². The Bertz CT molecular complexity index is 274. The first-order valence-corrected chi connectivity index (χ1v) is 7.62. The maximum Gasteiger partial charge on any atom is 0.407 e. The topological polar surface area (TPSA) is 50.4 Å². The minimum Gasteiger partial charge on any atom is -0.444 e. The van der Waals surface area contributed by atoms with E-state index < -0.39 is 5.60 Å². The Morgan fingerprint density at radius 1 is 1.21 bits per heavy atom. The zero-order valence-corrected chi connectivity index (χ0v) is 12.9. The van der Waals surface area contributed by atoms with Crippen molar-refractivity contribution in [3.05, 3.63) is 0 Å². The molecule has 2 N–H and O–H groups in total. The summed E-state index contributed by atoms with van der Waals surface area (Å²) in [6.07, 6.45) is 6.22. The molecule has 4 heteroatoms. The summed E-state index contributed by atoms with van der Waals surface area (Å²) in [7, 11) is 0. The maximum atomic E-state index is 11.5. The molecule has 1 rings (SSSR count). The molecule has 1 aliphatic carbocycles. The van der Waals surface area contributed by atoms with Gasteiger partial charge in [-0.25, -0.2) is 4.79 Å². The van der Waals surface area contributed by atoms with Crippen LogP contribution in [0.2, 0.25) is 0 Å². The van der Waals surface area contributed by atoms with Crippen molar-refractivity contribution in [3.8, 4) is 0 Å². The first-order valence-electron chi connectivity index (χ1n) is 7.62. The van der Waals surface area contributed by atoms with Crippen LogP contribution in [0.15, 0.2) is 0 Å². The number of carbonyl (C=O) groups is 1. The SMILES string of the molecule is CCC1CCCCC1NCCNC(=O)OC(C)(C)C. The van der Waals surface area contributed by atoms with Crippen LogP contribution in [0, 0.1) is 5.92 Å². The second-order valence-electron chi connectivity index (χ2n) is 6.44. The third-order valence-corrected chi connectivity index (χ3v) is 3.63. The summed E-state index contributed by atoms with van der Waals surface area (Å²) in [6, 6.07) is 0.624. The van der Waals surface area contributed by atoms with Crippen LogP contribution in [-0.2, 0) is 4.74 Å². The van der Waals surface area contributed by atoms with Crippen LogP contribution in [0.5, 0.6) is 0 Å². The molecule has 4 nitrogen and oxygen atoms in total. The Balaban J connectivity index is 2.14. The van der Waals surface area contributed by atoms with Crippen molar-refractivity contribution in [1.82, 2.24) is 10.6 Å². The third-order valence-electron chi connectivity index (χ3n) is 3.63. The molecule has 112 valence electrons. The van der Waals surface area contributed by atoms with Gasteiger partial charge in [-0.1, -0.05) is 26.2 Å². The van der Waals surface area contributed by atoms with E-state index in [9.17, 15) is 4.79 Å². The maximum absolute atomic E-state index is 11.5. The van der Waals surface area contributed by atoms with Crippen LogP contribution >= 0.6 is 0 Å². The van der Waals surface area contributed by atoms with Crippen LogP contribution in [0.25, 0.3) is 0 Å². The van der Waals surface area contributed by atoms with Gasteiger partial charge < -0.3 is 15.4 Å². The molecule has 1 aliphatic rings. The van der Waals surface area contributed by atoms with Gasteiger partial charge in [-0.2, -0.15) is 0 Å². The van der Waals surface area contributed by atoms with Gasteiger partial charge >= 0.3 is 6.09 Å². The number of ether oxygens (including phenoxy) is 1. The molecule has 19 heavy (non-hydrogen) atoms. The van der Waals surface area contributed by atoms with Crippen LogP contribution in [0.4, 0.5) is 4.79 Å². The largest absolute Gasteiger partial charge is 0.444 e. The summed E-state index contributed by atoms with van der Waals surface area (Å²) < 4.78 is 5.19. The summed E-state index contributed by atoms with van der Waals surface area (Å²) >= 11 is 0. The van der Waals surface area contributed by atoms with E-state index in [0.29, 0.717) is 12.6 Å². The first kappa shape index (κ1) is 16.3. The smallest absolute Gasteiger partial charge is 0.407 e. The van der Waals surface area contributed by atoms with E-state index in [4.69, 9.17) is 4.74 Å². The van der Waals surface area contributed by atoms with Gasteiger partial charge in [0.05, 0.1) is 0 Å². The number of carbonyl (C=O) groups excluding carboxylic acids is 1. The van der Waals surface area contributed by atoms with Gasteiger partial charge in [0.2, 0.25) is 0 Å². The van der Waals surface area contributed by atoms with Gasteiger partial charge in [0, 0.05) is 19.1 Å². The molecule has 0 aromatic carbocycles. The standard InChI is InChI=1S/C15H30N2O2/c1-5-12-8-6-7-9-13(12)16-10-11-17-14(18)19-15(2,3)4/h12-13,16H,5-11H2,1-4H3,(H,17,18). The summed E-state index contributed by atoms with van der Waals surface area (Å²) in [5, 5.41) is 6.36. The average Bonchev–Trinajstić information content (AvgIpc) is 2.33. The molecule has 0 radical (unpaired) electrons. The Labute approximate surface area is 117 Å². The van der Waals surface area contributed by atoms with E-state index in [1.54, 1.807) is 0 Å². The summed E-state index contributed by atoms with van der Waals surface area (Å²) in [5.74, 6) is 0.801. The second-order valence-corrected chi connectivity index (χ2v) is 6.44. The van der Waals surface area contributed by atoms with E-state index in [1.165, 1.54) is 32.1 Å². The molecule has 0 aromatic heterocycles. The van der Waals surface area contributed by atoms with Gasteiger partial charge in [0.15, 0.2) is 0 Å². The highest BCUT2D eigenvalue weighted by atomic mass is 16.6. The lowest BCUT2D eigenvalue weighted by molar-refractivity contribution is 0.0527. The number of hydrogen-bond acceptors (Lipinski definition) is 3. The van der Waals surface area contributed by atoms with E-state index in [-0.39, 0.29) is 6.09 Å². The van der Waals surface area contributed by atoms with Crippen molar-refractivity contribution in [2.75, 3.05) is 13.1 Å². The molecule has 2 atom stereocenters. The van der Waals surface area contributed by atoms with E-state index in [2.05, 4.69) is 17.6 Å². The molecule has 1 amide bonds. The van der Waals surface area contributed by atoms with E-state index >= 15 is 0 Å². The summed E-state index contributed by atoms with van der Waals surface area (Å²) in [6.45, 7) is 9.34. The molecular weight excluding hydrogens is 240 g/mol. The van der Waals surface area contributed by atoms with Gasteiger partial charge in [0.1, 0.15) is 5.60 Å². The number of amides is 1. The van der Waals surface area contributed by atoms with Crippen LogP contribution in [0.1, 0.15) is 59.8 Å². The molecule has 0 aliphatic heterocycles. The Morgan fingerprint density at radius 2 is 1.89 bits per heavy atom. The zero-order valence-electron chi connectivity index (χ0n) is 12.9. The average molecular weight is 270 g/mol. The van der Waals surface area contributed by atoms with Crippen molar-refractivity contribution in [3.63, 3.8) is 0 Å². The molecule has 2 unspecified atom stereocenters. The number of hydrogen-bond donors (Lipinski definition) is 2. The van der Waals surface area contributed by atoms with Crippen LogP contribution < -0.4 is 10.6 Å². The lowest BCUT2D eigenvalue weighted by Gasteiger charge is -2.31. The van der Waals surface area contributed by atoms with Crippen LogP contribution in [-0.4, -0.2) is 30.8 Å². The van der Waals surface area contributed by atoms with E-state index in [1.807, 2.05) is 20.8 Å². The van der Waals surface area contributed by atoms with Gasteiger partial charge in [-0.15, -0.1) is 0 Å². The minimum absolute atomic E-state index is 0.329. The molecule has 0 heterocycles. The lowest BCUT2D eigenvalue weighted by atomic mass is 9.83. The highest BCUT2D eigenvalue weighted by molar-refractivity contribution is 5.67. The second kappa shape index (κ2) is 7.73. The quantitative estimate of drug-likeness (QED) is 0.755. The summed E-state index contributed by atoms with van der Waals surface area (Å²) in [4.78, 5) is 11.5. The third kappa shape index (κ3) is 6.81. The molecule has 1 saturated carbocycles. The fraction of sp³-hybridized carbons (Fsp3) is 0.933. The molecule has 0 bridgehead atoms. The zero-order chi connectivity index (χ0) is 14.3. The highest BCUT2D eigenvalue weighted by Gasteiger charge is 2.22. The minimum atomic E-state index is -0.422. The number of alkyl carbamates (subject to hydrolysis) is 1. The fourth-order valence-corrected chi connectivity index (χ4v) is 2.70. The monoisotopic (exact) mass is 270 g/mol. The molecule has 0 aromatic rings. The Kier molecular flexibility index (Phi) is 6.63. The Morgan fingerprint density at radius 3 is 2.53 bits per heavy atom. The van der Waals surface area contributed by atoms with Gasteiger partial charge in [-0.3, -0.25) is 0 Å². The number of rotatable bonds is 5. The highest BCUT2D eigenvalue weighted by Crippen LogP contribution is 2.26. The lowest BCUT2D eigenvalue weighted by Crippen LogP contribution is -2.43. The van der Waals surface area contributed by atoms with Crippen molar-refractivity contribution in [2.45, 2.75) is 71.4 Å². The van der Waals surface area contributed by atoms with Crippen molar-refractivity contribution < 1.29 is 9.53 Å². The molecule has 0 spiro atoms. The fourth-order valence-electron chi connectivity index (χ4n) is 2.70. The van der Waals surface area contributed by atoms with Gasteiger partial charge in [0.25, 0.3) is 0 Å². The van der Waals surface area contributed by atoms with Gasteiger partial charge in [-0.05, 0) is 39.5 Å². The molecular formula is C15H30N2O2.